The number of carbonyl (C=O) groups excluding carboxylic acids is 4. The van der Waals surface area contributed by atoms with E-state index in [1.165, 1.54) is 23.2 Å². The van der Waals surface area contributed by atoms with E-state index in [0.717, 1.165) is 9.58 Å². The van der Waals surface area contributed by atoms with Crippen LogP contribution < -0.4 is 4.90 Å². The topological polar surface area (TPSA) is 161 Å². The molecule has 0 unspecified atom stereocenters. The summed E-state index contributed by atoms with van der Waals surface area (Å²) in [6.45, 7) is 19.4. The molecule has 0 aliphatic heterocycles. The van der Waals surface area contributed by atoms with Crippen molar-refractivity contribution < 1.29 is 33.4 Å². The van der Waals surface area contributed by atoms with Crippen LogP contribution in [0.25, 0.3) is 44.6 Å². The van der Waals surface area contributed by atoms with Gasteiger partial charge in [0.1, 0.15) is 28.1 Å². The molecule has 0 spiro atoms. The van der Waals surface area contributed by atoms with Gasteiger partial charge in [0.25, 0.3) is 0 Å². The number of aromatic nitrogens is 6. The fourth-order valence-corrected chi connectivity index (χ4v) is 5.30. The Morgan fingerprint density at radius 2 is 1.46 bits per heavy atom. The number of anilines is 1. The van der Waals surface area contributed by atoms with E-state index in [2.05, 4.69) is 20.1 Å². The number of hydrogen-bond donors (Lipinski definition) is 0. The SMILES string of the molecule is CC(C)CC(=O)N(C(=O)OC(C)(C)C)c1cncc(-c2cc3c(-c4cc5cccnc5n4C(=O)OC(C)(C)C)nn(C(=O)OC(C)(C)C)c3cn2)c1. The Labute approximate surface area is 302 Å². The highest BCUT2D eigenvalue weighted by Crippen LogP contribution is 2.35. The molecule has 0 bridgehead atoms. The zero-order valence-corrected chi connectivity index (χ0v) is 31.5. The molecule has 2 amide bonds. The molecule has 0 fully saturated rings. The maximum absolute atomic E-state index is 13.7. The number of imide groups is 1. The second-order valence-corrected chi connectivity index (χ2v) is 15.8. The lowest BCUT2D eigenvalue weighted by atomic mass is 10.1. The lowest BCUT2D eigenvalue weighted by molar-refractivity contribution is -0.119. The Bertz CT molecular complexity index is 2180. The fourth-order valence-electron chi connectivity index (χ4n) is 5.30. The molecule has 5 aromatic rings. The number of ether oxygens (including phenoxy) is 3. The Balaban J connectivity index is 1.72. The van der Waals surface area contributed by atoms with Crippen molar-refractivity contribution in [1.82, 2.24) is 29.3 Å². The Morgan fingerprint density at radius 3 is 2.10 bits per heavy atom. The van der Waals surface area contributed by atoms with Crippen LogP contribution in [0, 0.1) is 5.92 Å². The van der Waals surface area contributed by atoms with Gasteiger partial charge in [-0.25, -0.2) is 28.8 Å². The highest BCUT2D eigenvalue weighted by molar-refractivity contribution is 6.12. The van der Waals surface area contributed by atoms with Crippen LogP contribution in [-0.4, -0.2) is 70.3 Å². The largest absolute Gasteiger partial charge is 0.443 e. The minimum Gasteiger partial charge on any atom is -0.443 e. The van der Waals surface area contributed by atoms with Gasteiger partial charge in [-0.15, -0.1) is 0 Å². The van der Waals surface area contributed by atoms with Crippen molar-refractivity contribution in [2.45, 2.75) is 99.4 Å². The molecular weight excluding hydrogens is 666 g/mol. The van der Waals surface area contributed by atoms with Crippen molar-refractivity contribution in [2.75, 3.05) is 4.90 Å². The van der Waals surface area contributed by atoms with Crippen LogP contribution >= 0.6 is 0 Å². The third-order valence-corrected chi connectivity index (χ3v) is 7.20. The molecule has 0 atom stereocenters. The minimum absolute atomic E-state index is 0.0240. The van der Waals surface area contributed by atoms with E-state index in [4.69, 9.17) is 14.2 Å². The molecule has 0 radical (unpaired) electrons. The number of amides is 2. The summed E-state index contributed by atoms with van der Waals surface area (Å²) in [7, 11) is 0. The van der Waals surface area contributed by atoms with E-state index < -0.39 is 41.0 Å². The van der Waals surface area contributed by atoms with Crippen LogP contribution in [0.3, 0.4) is 0 Å². The van der Waals surface area contributed by atoms with Crippen LogP contribution in [0.1, 0.15) is 82.6 Å². The van der Waals surface area contributed by atoms with E-state index >= 15 is 0 Å². The van der Waals surface area contributed by atoms with Gasteiger partial charge in [-0.2, -0.15) is 9.78 Å². The van der Waals surface area contributed by atoms with E-state index in [1.54, 1.807) is 98.8 Å². The monoisotopic (exact) mass is 711 g/mol. The highest BCUT2D eigenvalue weighted by atomic mass is 16.6. The maximum Gasteiger partial charge on any atom is 0.435 e. The zero-order valence-electron chi connectivity index (χ0n) is 31.5. The third-order valence-electron chi connectivity index (χ3n) is 7.20. The summed E-state index contributed by atoms with van der Waals surface area (Å²) in [6, 6.07) is 8.60. The van der Waals surface area contributed by atoms with Crippen LogP contribution in [0.15, 0.2) is 55.1 Å². The van der Waals surface area contributed by atoms with Gasteiger partial charge >= 0.3 is 18.3 Å². The standard InChI is InChI=1S/C38H45N7O7/c1-22(2)15-30(46)43(33(47)50-36(3,4)5)25-16-24(19-39-20-25)27-18-26-29(21-41-27)45(35(49)52-38(9,10)11)42-31(26)28-17-23-13-12-14-40-32(23)44(28)34(48)51-37(6,7)8/h12-14,16-22H,15H2,1-11H3. The van der Waals surface area contributed by atoms with Crippen LogP contribution in [0.5, 0.6) is 0 Å². The average Bonchev–Trinajstić information content (AvgIpc) is 3.57. The van der Waals surface area contributed by atoms with Gasteiger partial charge in [0.05, 0.1) is 35.0 Å². The van der Waals surface area contributed by atoms with Crippen molar-refractivity contribution in [3.05, 3.63) is 55.1 Å². The highest BCUT2D eigenvalue weighted by Gasteiger charge is 2.31. The molecule has 0 aliphatic carbocycles. The minimum atomic E-state index is -0.854. The molecule has 14 heteroatoms. The third kappa shape index (κ3) is 8.44. The van der Waals surface area contributed by atoms with E-state index in [0.29, 0.717) is 38.9 Å². The number of carbonyl (C=O) groups is 4. The predicted octanol–water partition coefficient (Wildman–Crippen LogP) is 8.39. The quantitative estimate of drug-likeness (QED) is 0.161. The summed E-state index contributed by atoms with van der Waals surface area (Å²) in [5, 5.41) is 5.76. The van der Waals surface area contributed by atoms with Crippen molar-refractivity contribution >= 4 is 51.8 Å². The van der Waals surface area contributed by atoms with Gasteiger partial charge in [-0.05, 0) is 98.6 Å². The maximum atomic E-state index is 13.7. The Morgan fingerprint density at radius 1 is 0.808 bits per heavy atom. The smallest absolute Gasteiger partial charge is 0.435 e. The summed E-state index contributed by atoms with van der Waals surface area (Å²) in [5.41, 5.74) is -0.281. The summed E-state index contributed by atoms with van der Waals surface area (Å²) in [4.78, 5) is 68.4. The van der Waals surface area contributed by atoms with Gasteiger partial charge in [0, 0.05) is 35.2 Å². The number of hydrogen-bond acceptors (Lipinski definition) is 11. The molecule has 5 aromatic heterocycles. The first-order valence-electron chi connectivity index (χ1n) is 17.0. The fraction of sp³-hybridized carbons (Fsp3) is 0.421. The molecule has 0 saturated carbocycles. The second-order valence-electron chi connectivity index (χ2n) is 15.8. The van der Waals surface area contributed by atoms with E-state index in [9.17, 15) is 19.2 Å². The lowest BCUT2D eigenvalue weighted by Gasteiger charge is -2.26. The van der Waals surface area contributed by atoms with Gasteiger partial charge in [0.15, 0.2) is 0 Å². The predicted molar refractivity (Wildman–Crippen MR) is 196 cm³/mol. The van der Waals surface area contributed by atoms with Gasteiger partial charge in [-0.3, -0.25) is 14.8 Å². The van der Waals surface area contributed by atoms with Crippen LogP contribution in [-0.2, 0) is 19.0 Å². The van der Waals surface area contributed by atoms with E-state index in [-0.39, 0.29) is 23.7 Å². The zero-order chi connectivity index (χ0) is 38.3. The number of rotatable bonds is 5. The van der Waals surface area contributed by atoms with Crippen molar-refractivity contribution in [3.8, 4) is 22.6 Å². The lowest BCUT2D eigenvalue weighted by Crippen LogP contribution is -2.41. The number of nitrogens with zero attached hydrogens (tertiary/aromatic N) is 7. The first kappa shape index (κ1) is 37.6. The van der Waals surface area contributed by atoms with E-state index in [1.807, 2.05) is 13.8 Å². The molecule has 0 aliphatic rings. The Hall–Kier alpha value is -5.66. The van der Waals surface area contributed by atoms with Crippen molar-refractivity contribution in [2.24, 2.45) is 5.92 Å². The molecule has 0 aromatic carbocycles. The summed E-state index contributed by atoms with van der Waals surface area (Å²) >= 11 is 0. The van der Waals surface area contributed by atoms with Gasteiger partial charge in [-0.1, -0.05) is 13.8 Å². The summed E-state index contributed by atoms with van der Waals surface area (Å²) in [5.74, 6) is -0.472. The molecule has 0 saturated heterocycles. The summed E-state index contributed by atoms with van der Waals surface area (Å²) in [6.07, 6.45) is 3.81. The molecule has 52 heavy (non-hydrogen) atoms. The summed E-state index contributed by atoms with van der Waals surface area (Å²) < 4.78 is 19.5. The van der Waals surface area contributed by atoms with Gasteiger partial charge < -0.3 is 14.2 Å². The van der Waals surface area contributed by atoms with Crippen molar-refractivity contribution in [3.63, 3.8) is 0 Å². The molecular formula is C38H45N7O7. The molecule has 274 valence electrons. The molecule has 5 heterocycles. The van der Waals surface area contributed by atoms with Crippen molar-refractivity contribution in [1.29, 1.82) is 0 Å². The average molecular weight is 712 g/mol. The van der Waals surface area contributed by atoms with Gasteiger partial charge in [0.2, 0.25) is 5.91 Å². The normalized spacial score (nSPS) is 12.3. The molecule has 5 rings (SSSR count). The second kappa shape index (κ2) is 13.8. The number of pyridine rings is 3. The first-order chi connectivity index (χ1) is 24.1. The first-order valence-corrected chi connectivity index (χ1v) is 17.0. The molecule has 0 N–H and O–H groups in total. The molecule has 14 nitrogen and oxygen atoms in total. The van der Waals surface area contributed by atoms with Crippen LogP contribution in [0.4, 0.5) is 20.1 Å². The Kier molecular flexibility index (Phi) is 9.98. The number of fused-ring (bicyclic) bond motifs is 2. The van der Waals surface area contributed by atoms with Crippen LogP contribution in [0.2, 0.25) is 0 Å².